The Morgan fingerprint density at radius 3 is 2.77 bits per heavy atom. The molecule has 1 unspecified atom stereocenters. The first-order valence-electron chi connectivity index (χ1n) is 7.91. The number of hydrogen-bond acceptors (Lipinski definition) is 4. The number of hydrogen-bond donors (Lipinski definition) is 2. The van der Waals surface area contributed by atoms with Crippen molar-refractivity contribution in [2.24, 2.45) is 0 Å². The molecule has 2 N–H and O–H groups in total. The second-order valence-electron chi connectivity index (χ2n) is 5.63. The minimum Gasteiger partial charge on any atom is -0.462 e. The van der Waals surface area contributed by atoms with E-state index in [9.17, 15) is 22.8 Å². The Labute approximate surface area is 153 Å². The molecule has 1 heterocycles. The highest BCUT2D eigenvalue weighted by Gasteiger charge is 2.40. The number of nitrogens with zero attached hydrogens (tertiary/aromatic N) is 1. The van der Waals surface area contributed by atoms with Gasteiger partial charge in [-0.3, -0.25) is 4.79 Å². The molecule has 0 aromatic heterocycles. The number of ether oxygens (including phenoxy) is 1. The molecule has 0 radical (unpaired) electrons. The lowest BCUT2D eigenvalue weighted by atomic mass is 10.2. The van der Waals surface area contributed by atoms with Crippen molar-refractivity contribution < 1.29 is 27.5 Å². The summed E-state index contributed by atoms with van der Waals surface area (Å²) in [5.74, 6) is -2.41. The normalized spacial score (nSPS) is 16.9. The number of nitrogens with one attached hydrogen (secondary N) is 2. The molecule has 1 aliphatic heterocycles. The van der Waals surface area contributed by atoms with Gasteiger partial charge in [0.1, 0.15) is 0 Å². The van der Waals surface area contributed by atoms with E-state index in [1.54, 1.807) is 36.1 Å². The van der Waals surface area contributed by atoms with E-state index >= 15 is 0 Å². The minimum absolute atomic E-state index is 0.172. The first kappa shape index (κ1) is 20.0. The lowest BCUT2D eigenvalue weighted by molar-refractivity contribution is -0.174. The summed E-state index contributed by atoms with van der Waals surface area (Å²) in [7, 11) is 0. The van der Waals surface area contributed by atoms with Crippen LogP contribution in [0.4, 0.5) is 18.9 Å². The summed E-state index contributed by atoms with van der Waals surface area (Å²) >= 11 is 5.26. The standard InChI is InChI=1S/C16H18F3N3O3S/c1-2-25-13(23)10-4-3-5-11(8-10)21-15(26)22-7-6-12(9-22)20-14(24)16(17,18)19/h3-5,8,12H,2,6-7,9H2,1H3,(H,20,24)(H,21,26). The number of likely N-dealkylation sites (tertiary alicyclic amines) is 1. The molecule has 6 nitrogen and oxygen atoms in total. The van der Waals surface area contributed by atoms with Gasteiger partial charge in [-0.25, -0.2) is 4.79 Å². The molecule has 1 aromatic rings. The number of alkyl halides is 3. The lowest BCUT2D eigenvalue weighted by Crippen LogP contribution is -2.45. The zero-order chi connectivity index (χ0) is 19.3. The average molecular weight is 389 g/mol. The molecule has 2 rings (SSSR count). The molecule has 0 bridgehead atoms. The fourth-order valence-corrected chi connectivity index (χ4v) is 2.75. The molecule has 1 saturated heterocycles. The predicted molar refractivity (Wildman–Crippen MR) is 92.8 cm³/mol. The van der Waals surface area contributed by atoms with Crippen molar-refractivity contribution in [3.63, 3.8) is 0 Å². The summed E-state index contributed by atoms with van der Waals surface area (Å²) in [6.45, 7) is 2.54. The van der Waals surface area contributed by atoms with Gasteiger partial charge in [0.2, 0.25) is 0 Å². The van der Waals surface area contributed by atoms with E-state index in [2.05, 4.69) is 5.32 Å². The van der Waals surface area contributed by atoms with Gasteiger partial charge < -0.3 is 20.3 Å². The summed E-state index contributed by atoms with van der Waals surface area (Å²) in [6, 6.07) is 5.91. The SMILES string of the molecule is CCOC(=O)c1cccc(NC(=S)N2CCC(NC(=O)C(F)(F)F)C2)c1. The van der Waals surface area contributed by atoms with Crippen LogP contribution in [0.2, 0.25) is 0 Å². The number of amides is 1. The van der Waals surface area contributed by atoms with E-state index in [0.717, 1.165) is 0 Å². The maximum Gasteiger partial charge on any atom is 0.471 e. The van der Waals surface area contributed by atoms with Gasteiger partial charge in [0.05, 0.1) is 12.2 Å². The number of thiocarbonyl (C=S) groups is 1. The Morgan fingerprint density at radius 2 is 2.12 bits per heavy atom. The maximum absolute atomic E-state index is 12.3. The number of anilines is 1. The molecule has 26 heavy (non-hydrogen) atoms. The summed E-state index contributed by atoms with van der Waals surface area (Å²) in [5.41, 5.74) is 0.916. The van der Waals surface area contributed by atoms with Crippen LogP contribution < -0.4 is 10.6 Å². The minimum atomic E-state index is -4.90. The second-order valence-corrected chi connectivity index (χ2v) is 6.02. The Balaban J connectivity index is 1.92. The Hall–Kier alpha value is -2.36. The fourth-order valence-electron chi connectivity index (χ4n) is 2.47. The molecule has 142 valence electrons. The van der Waals surface area contributed by atoms with Crippen LogP contribution in [0, 0.1) is 0 Å². The molecule has 1 fully saturated rings. The first-order chi connectivity index (χ1) is 12.2. The lowest BCUT2D eigenvalue weighted by Gasteiger charge is -2.21. The van der Waals surface area contributed by atoms with Gasteiger partial charge >= 0.3 is 18.1 Å². The van der Waals surface area contributed by atoms with Crippen LogP contribution in [0.1, 0.15) is 23.7 Å². The van der Waals surface area contributed by atoms with E-state index in [1.807, 2.05) is 5.32 Å². The highest BCUT2D eigenvalue weighted by atomic mass is 32.1. The van der Waals surface area contributed by atoms with Crippen LogP contribution in [0.3, 0.4) is 0 Å². The van der Waals surface area contributed by atoms with Crippen molar-refractivity contribution in [1.82, 2.24) is 10.2 Å². The molecule has 1 amide bonds. The highest BCUT2D eigenvalue weighted by molar-refractivity contribution is 7.80. The van der Waals surface area contributed by atoms with Crippen LogP contribution in [-0.4, -0.2) is 53.8 Å². The highest BCUT2D eigenvalue weighted by Crippen LogP contribution is 2.18. The Morgan fingerprint density at radius 1 is 1.38 bits per heavy atom. The van der Waals surface area contributed by atoms with E-state index in [0.29, 0.717) is 29.3 Å². The third-order valence-corrected chi connectivity index (χ3v) is 4.05. The molecular weight excluding hydrogens is 371 g/mol. The first-order valence-corrected chi connectivity index (χ1v) is 8.32. The van der Waals surface area contributed by atoms with Gasteiger partial charge in [0.25, 0.3) is 0 Å². The molecule has 1 aromatic carbocycles. The summed E-state index contributed by atoms with van der Waals surface area (Å²) < 4.78 is 41.8. The van der Waals surface area contributed by atoms with Crippen molar-refractivity contribution in [2.45, 2.75) is 25.6 Å². The molecule has 1 atom stereocenters. The number of esters is 1. The molecule has 10 heteroatoms. The third-order valence-electron chi connectivity index (χ3n) is 3.69. The van der Waals surface area contributed by atoms with Gasteiger partial charge in [0.15, 0.2) is 5.11 Å². The van der Waals surface area contributed by atoms with Gasteiger partial charge in [0, 0.05) is 24.8 Å². The van der Waals surface area contributed by atoms with Crippen molar-refractivity contribution in [1.29, 1.82) is 0 Å². The second kappa shape index (κ2) is 8.35. The van der Waals surface area contributed by atoms with Gasteiger partial charge in [-0.1, -0.05) is 6.07 Å². The maximum atomic E-state index is 12.3. The monoisotopic (exact) mass is 389 g/mol. The Bertz CT molecular complexity index is 697. The van der Waals surface area contributed by atoms with Crippen molar-refractivity contribution >= 4 is 34.9 Å². The van der Waals surface area contributed by atoms with Crippen LogP contribution in [0.25, 0.3) is 0 Å². The zero-order valence-electron chi connectivity index (χ0n) is 13.9. The largest absolute Gasteiger partial charge is 0.471 e. The molecular formula is C16H18F3N3O3S. The molecule has 0 saturated carbocycles. The number of carbonyl (C=O) groups is 2. The number of halogens is 3. The van der Waals surface area contributed by atoms with E-state index in [-0.39, 0.29) is 13.2 Å². The molecule has 1 aliphatic rings. The van der Waals surface area contributed by atoms with Crippen LogP contribution in [0.5, 0.6) is 0 Å². The zero-order valence-corrected chi connectivity index (χ0v) is 14.7. The summed E-state index contributed by atoms with van der Waals surface area (Å²) in [6.07, 6.45) is -4.55. The number of carbonyl (C=O) groups excluding carboxylic acids is 2. The van der Waals surface area contributed by atoms with Gasteiger partial charge in [-0.15, -0.1) is 0 Å². The molecule has 0 aliphatic carbocycles. The van der Waals surface area contributed by atoms with Crippen LogP contribution >= 0.6 is 12.2 Å². The average Bonchev–Trinajstić information content (AvgIpc) is 3.03. The number of benzene rings is 1. The summed E-state index contributed by atoms with van der Waals surface area (Å²) in [4.78, 5) is 24.4. The number of rotatable bonds is 4. The quantitative estimate of drug-likeness (QED) is 0.608. The Kier molecular flexibility index (Phi) is 6.41. The van der Waals surface area contributed by atoms with E-state index in [4.69, 9.17) is 17.0 Å². The fraction of sp³-hybridized carbons (Fsp3) is 0.438. The third kappa shape index (κ3) is 5.32. The molecule has 0 spiro atoms. The van der Waals surface area contributed by atoms with Crippen molar-refractivity contribution in [2.75, 3.05) is 25.0 Å². The van der Waals surface area contributed by atoms with Crippen molar-refractivity contribution in [3.8, 4) is 0 Å². The predicted octanol–water partition coefficient (Wildman–Crippen LogP) is 2.31. The van der Waals surface area contributed by atoms with Gasteiger partial charge in [-0.2, -0.15) is 13.2 Å². The van der Waals surface area contributed by atoms with Crippen molar-refractivity contribution in [3.05, 3.63) is 29.8 Å². The topological polar surface area (TPSA) is 70.7 Å². The van der Waals surface area contributed by atoms with Crippen LogP contribution in [-0.2, 0) is 9.53 Å². The summed E-state index contributed by atoms with van der Waals surface area (Å²) in [5, 5.41) is 5.19. The van der Waals surface area contributed by atoms with E-state index in [1.165, 1.54) is 0 Å². The van der Waals surface area contributed by atoms with E-state index < -0.39 is 24.1 Å². The van der Waals surface area contributed by atoms with Gasteiger partial charge in [-0.05, 0) is 43.8 Å². The van der Waals surface area contributed by atoms with Crippen LogP contribution in [0.15, 0.2) is 24.3 Å². The smallest absolute Gasteiger partial charge is 0.462 e.